The van der Waals surface area contributed by atoms with Crippen molar-refractivity contribution in [2.45, 2.75) is 20.3 Å². The van der Waals surface area contributed by atoms with Crippen LogP contribution in [0.5, 0.6) is 0 Å². The molecule has 0 heterocycles. The lowest BCUT2D eigenvalue weighted by Crippen LogP contribution is -2.14. The Kier molecular flexibility index (Phi) is 4.38. The van der Waals surface area contributed by atoms with Gasteiger partial charge in [-0.25, -0.2) is 0 Å². The van der Waals surface area contributed by atoms with Crippen molar-refractivity contribution in [3.63, 3.8) is 0 Å². The van der Waals surface area contributed by atoms with Gasteiger partial charge in [-0.1, -0.05) is 47.7 Å². The molecule has 0 fully saturated rings. The summed E-state index contributed by atoms with van der Waals surface area (Å²) in [6.07, 6.45) is 0.943. The van der Waals surface area contributed by atoms with Gasteiger partial charge < -0.3 is 5.32 Å². The summed E-state index contributed by atoms with van der Waals surface area (Å²) in [6, 6.07) is 6.09. The number of para-hydroxylation sites is 1. The largest absolute Gasteiger partial charge is 0.325 e. The molecule has 0 saturated heterocycles. The van der Waals surface area contributed by atoms with Crippen molar-refractivity contribution in [1.29, 1.82) is 0 Å². The Morgan fingerprint density at radius 2 is 2.21 bits per heavy atom. The van der Waals surface area contributed by atoms with Crippen LogP contribution in [0.3, 0.4) is 0 Å². The zero-order valence-corrected chi connectivity index (χ0v) is 10.6. The molecule has 1 amide bonds. The van der Waals surface area contributed by atoms with E-state index in [1.54, 1.807) is 0 Å². The Labute approximate surface area is 98.2 Å². The molecule has 0 spiro atoms. The number of aryl methyl sites for hydroxylation is 2. The molecule has 14 heavy (non-hydrogen) atoms. The van der Waals surface area contributed by atoms with Gasteiger partial charge in [-0.2, -0.15) is 0 Å². The molecular weight excluding hydrogens is 289 g/mol. The molecule has 1 N–H and O–H groups in total. The summed E-state index contributed by atoms with van der Waals surface area (Å²) in [7, 11) is 0. The Morgan fingerprint density at radius 1 is 1.50 bits per heavy atom. The molecule has 0 atom stereocenters. The molecular formula is C11H14INO. The van der Waals surface area contributed by atoms with Crippen LogP contribution in [0.25, 0.3) is 0 Å². The quantitative estimate of drug-likeness (QED) is 0.675. The molecule has 0 aliphatic rings. The van der Waals surface area contributed by atoms with E-state index in [2.05, 4.69) is 40.9 Å². The lowest BCUT2D eigenvalue weighted by Gasteiger charge is -2.11. The van der Waals surface area contributed by atoms with Crippen molar-refractivity contribution in [2.75, 3.05) is 9.74 Å². The van der Waals surface area contributed by atoms with Gasteiger partial charge in [0, 0.05) is 5.69 Å². The number of carbonyl (C=O) groups is 1. The Hall–Kier alpha value is -0.580. The van der Waals surface area contributed by atoms with Gasteiger partial charge in [0.1, 0.15) is 0 Å². The average Bonchev–Trinajstić information content (AvgIpc) is 2.20. The average molecular weight is 303 g/mol. The van der Waals surface area contributed by atoms with Gasteiger partial charge in [-0.05, 0) is 24.5 Å². The second-order valence-corrected chi connectivity index (χ2v) is 3.91. The number of rotatable bonds is 3. The van der Waals surface area contributed by atoms with Crippen molar-refractivity contribution >= 4 is 34.2 Å². The second kappa shape index (κ2) is 5.34. The molecule has 0 aliphatic heterocycles. The normalized spacial score (nSPS) is 9.93. The van der Waals surface area contributed by atoms with Crippen molar-refractivity contribution in [2.24, 2.45) is 0 Å². The third-order valence-corrected chi connectivity index (χ3v) is 2.82. The van der Waals surface area contributed by atoms with Gasteiger partial charge in [-0.3, -0.25) is 4.79 Å². The lowest BCUT2D eigenvalue weighted by atomic mass is 10.1. The summed E-state index contributed by atoms with van der Waals surface area (Å²) in [5.41, 5.74) is 3.31. The Morgan fingerprint density at radius 3 is 2.79 bits per heavy atom. The maximum Gasteiger partial charge on any atom is 0.234 e. The van der Waals surface area contributed by atoms with E-state index in [0.717, 1.165) is 17.7 Å². The summed E-state index contributed by atoms with van der Waals surface area (Å²) in [5, 5.41) is 2.93. The zero-order valence-electron chi connectivity index (χ0n) is 8.43. The number of halogens is 1. The fraction of sp³-hybridized carbons (Fsp3) is 0.364. The van der Waals surface area contributed by atoms with E-state index in [9.17, 15) is 4.79 Å². The van der Waals surface area contributed by atoms with Crippen LogP contribution in [0.15, 0.2) is 18.2 Å². The van der Waals surface area contributed by atoms with Crippen LogP contribution in [-0.2, 0) is 11.2 Å². The monoisotopic (exact) mass is 303 g/mol. The first kappa shape index (κ1) is 11.5. The van der Waals surface area contributed by atoms with E-state index >= 15 is 0 Å². The highest BCUT2D eigenvalue weighted by Gasteiger charge is 2.06. The SMILES string of the molecule is CCc1cccc(C)c1NC(=O)CI. The minimum atomic E-state index is 0.0644. The molecule has 1 aromatic carbocycles. The van der Waals surface area contributed by atoms with Gasteiger partial charge in [0.25, 0.3) is 0 Å². The molecule has 76 valence electrons. The molecule has 0 radical (unpaired) electrons. The highest BCUT2D eigenvalue weighted by atomic mass is 127. The highest BCUT2D eigenvalue weighted by molar-refractivity contribution is 14.1. The number of amides is 1. The van der Waals surface area contributed by atoms with E-state index in [-0.39, 0.29) is 5.91 Å². The molecule has 3 heteroatoms. The fourth-order valence-corrected chi connectivity index (χ4v) is 1.57. The zero-order chi connectivity index (χ0) is 10.6. The van der Waals surface area contributed by atoms with E-state index in [1.807, 2.05) is 19.1 Å². The number of alkyl halides is 1. The molecule has 0 aromatic heterocycles. The Balaban J connectivity index is 2.98. The number of carbonyl (C=O) groups excluding carboxylic acids is 1. The van der Waals surface area contributed by atoms with Crippen LogP contribution in [0, 0.1) is 6.92 Å². The van der Waals surface area contributed by atoms with Crippen molar-refractivity contribution in [1.82, 2.24) is 0 Å². The maximum atomic E-state index is 11.3. The van der Waals surface area contributed by atoms with Crippen LogP contribution >= 0.6 is 22.6 Å². The van der Waals surface area contributed by atoms with Gasteiger partial charge >= 0.3 is 0 Å². The molecule has 0 saturated carbocycles. The van der Waals surface area contributed by atoms with Gasteiger partial charge in [0.05, 0.1) is 4.43 Å². The molecule has 0 aliphatic carbocycles. The van der Waals surface area contributed by atoms with Crippen molar-refractivity contribution in [3.8, 4) is 0 Å². The number of hydrogen-bond donors (Lipinski definition) is 1. The summed E-state index contributed by atoms with van der Waals surface area (Å²) < 4.78 is 0.495. The predicted molar refractivity (Wildman–Crippen MR) is 68.1 cm³/mol. The number of hydrogen-bond acceptors (Lipinski definition) is 1. The van der Waals surface area contributed by atoms with Gasteiger partial charge in [-0.15, -0.1) is 0 Å². The smallest absolute Gasteiger partial charge is 0.234 e. The summed E-state index contributed by atoms with van der Waals surface area (Å²) in [6.45, 7) is 4.11. The van der Waals surface area contributed by atoms with Crippen LogP contribution in [-0.4, -0.2) is 10.3 Å². The van der Waals surface area contributed by atoms with Crippen LogP contribution in [0.4, 0.5) is 5.69 Å². The number of anilines is 1. The van der Waals surface area contributed by atoms with Crippen LogP contribution < -0.4 is 5.32 Å². The minimum Gasteiger partial charge on any atom is -0.325 e. The summed E-state index contributed by atoms with van der Waals surface area (Å²) in [5.74, 6) is 0.0644. The van der Waals surface area contributed by atoms with E-state index in [1.165, 1.54) is 5.56 Å². The standard InChI is InChI=1S/C11H14INO/c1-3-9-6-4-5-8(2)11(9)13-10(14)7-12/h4-6H,3,7H2,1-2H3,(H,13,14). The highest BCUT2D eigenvalue weighted by Crippen LogP contribution is 2.20. The third-order valence-electron chi connectivity index (χ3n) is 2.13. The van der Waals surface area contributed by atoms with Crippen LogP contribution in [0.1, 0.15) is 18.1 Å². The number of benzene rings is 1. The lowest BCUT2D eigenvalue weighted by molar-refractivity contribution is -0.113. The maximum absolute atomic E-state index is 11.3. The molecule has 1 rings (SSSR count). The van der Waals surface area contributed by atoms with Crippen molar-refractivity contribution < 1.29 is 4.79 Å². The van der Waals surface area contributed by atoms with E-state index in [0.29, 0.717) is 4.43 Å². The van der Waals surface area contributed by atoms with Gasteiger partial charge in [0.2, 0.25) is 5.91 Å². The third kappa shape index (κ3) is 2.70. The molecule has 0 bridgehead atoms. The predicted octanol–water partition coefficient (Wildman–Crippen LogP) is 2.93. The van der Waals surface area contributed by atoms with Gasteiger partial charge in [0.15, 0.2) is 0 Å². The fourth-order valence-electron chi connectivity index (χ4n) is 1.37. The second-order valence-electron chi connectivity index (χ2n) is 3.14. The van der Waals surface area contributed by atoms with Crippen molar-refractivity contribution in [3.05, 3.63) is 29.3 Å². The first-order valence-corrected chi connectivity index (χ1v) is 6.16. The number of nitrogens with one attached hydrogen (secondary N) is 1. The Bertz CT molecular complexity index is 336. The first-order chi connectivity index (χ1) is 6.69. The topological polar surface area (TPSA) is 29.1 Å². The van der Waals surface area contributed by atoms with Crippen LogP contribution in [0.2, 0.25) is 0 Å². The summed E-state index contributed by atoms with van der Waals surface area (Å²) >= 11 is 2.06. The van der Waals surface area contributed by atoms with E-state index in [4.69, 9.17) is 0 Å². The minimum absolute atomic E-state index is 0.0644. The molecule has 2 nitrogen and oxygen atoms in total. The molecule has 0 unspecified atom stereocenters. The van der Waals surface area contributed by atoms with E-state index < -0.39 is 0 Å². The summed E-state index contributed by atoms with van der Waals surface area (Å²) in [4.78, 5) is 11.3. The molecule has 1 aromatic rings. The first-order valence-electron chi connectivity index (χ1n) is 4.63.